The molecule has 1 fully saturated rings. The number of rotatable bonds is 7. The molecule has 1 saturated heterocycles. The smallest absolute Gasteiger partial charge is 0.225 e. The number of carbonyl (C=O) groups is 1. The standard InChI is InChI=1S/C25H33Cl2N3O/c1-17(2)14-23(28)21-6-4-5-7-24(21)29-10-12-30(13-11-29)25(31)18(3)15-19-8-9-20(26)16-22(19)27/h4-9,16-18,23H,10-15,28H2,1-3H3/t18-,23+/m1/s1. The molecule has 2 N–H and O–H groups in total. The Labute approximate surface area is 196 Å². The van der Waals surface area contributed by atoms with Crippen LogP contribution in [0.5, 0.6) is 0 Å². The van der Waals surface area contributed by atoms with Gasteiger partial charge in [0, 0.05) is 53.9 Å². The maximum Gasteiger partial charge on any atom is 0.225 e. The first-order valence-electron chi connectivity index (χ1n) is 11.1. The molecular weight excluding hydrogens is 429 g/mol. The summed E-state index contributed by atoms with van der Waals surface area (Å²) in [5.74, 6) is 0.598. The highest BCUT2D eigenvalue weighted by Crippen LogP contribution is 2.30. The van der Waals surface area contributed by atoms with Crippen molar-refractivity contribution in [2.75, 3.05) is 31.1 Å². The molecule has 4 nitrogen and oxygen atoms in total. The molecule has 2 aromatic rings. The van der Waals surface area contributed by atoms with Crippen LogP contribution >= 0.6 is 23.2 Å². The first-order valence-corrected chi connectivity index (χ1v) is 11.8. The summed E-state index contributed by atoms with van der Waals surface area (Å²) < 4.78 is 0. The normalized spacial score (nSPS) is 16.5. The fourth-order valence-electron chi connectivity index (χ4n) is 4.31. The summed E-state index contributed by atoms with van der Waals surface area (Å²) in [6.07, 6.45) is 1.57. The lowest BCUT2D eigenvalue weighted by Crippen LogP contribution is -2.50. The topological polar surface area (TPSA) is 49.6 Å². The Morgan fingerprint density at radius 3 is 2.35 bits per heavy atom. The number of nitrogens with zero attached hydrogens (tertiary/aromatic N) is 2. The third-order valence-corrected chi connectivity index (χ3v) is 6.54. The van der Waals surface area contributed by atoms with Gasteiger partial charge in [0.1, 0.15) is 0 Å². The molecule has 31 heavy (non-hydrogen) atoms. The van der Waals surface area contributed by atoms with Crippen LogP contribution in [0, 0.1) is 11.8 Å². The van der Waals surface area contributed by atoms with Gasteiger partial charge in [-0.3, -0.25) is 4.79 Å². The van der Waals surface area contributed by atoms with Gasteiger partial charge in [0.2, 0.25) is 5.91 Å². The molecule has 3 rings (SSSR count). The Balaban J connectivity index is 1.61. The van der Waals surface area contributed by atoms with Crippen LogP contribution in [0.25, 0.3) is 0 Å². The first-order chi connectivity index (χ1) is 14.8. The molecule has 168 valence electrons. The zero-order valence-corrected chi connectivity index (χ0v) is 20.2. The number of piperazine rings is 1. The van der Waals surface area contributed by atoms with Crippen molar-refractivity contribution in [2.45, 2.75) is 39.7 Å². The van der Waals surface area contributed by atoms with Crippen LogP contribution < -0.4 is 10.6 Å². The van der Waals surface area contributed by atoms with Gasteiger partial charge in [-0.15, -0.1) is 0 Å². The molecule has 0 spiro atoms. The molecule has 1 heterocycles. The van der Waals surface area contributed by atoms with Gasteiger partial charge in [-0.2, -0.15) is 0 Å². The molecule has 1 aliphatic heterocycles. The van der Waals surface area contributed by atoms with E-state index in [1.54, 1.807) is 6.07 Å². The van der Waals surface area contributed by atoms with Crippen molar-refractivity contribution < 1.29 is 4.79 Å². The van der Waals surface area contributed by atoms with Crippen LogP contribution in [0.3, 0.4) is 0 Å². The summed E-state index contributed by atoms with van der Waals surface area (Å²) in [4.78, 5) is 17.4. The van der Waals surface area contributed by atoms with Gasteiger partial charge in [-0.1, -0.05) is 68.2 Å². The van der Waals surface area contributed by atoms with Crippen molar-refractivity contribution in [3.8, 4) is 0 Å². The van der Waals surface area contributed by atoms with Crippen molar-refractivity contribution in [2.24, 2.45) is 17.6 Å². The maximum absolute atomic E-state index is 13.0. The van der Waals surface area contributed by atoms with E-state index in [1.807, 2.05) is 24.0 Å². The van der Waals surface area contributed by atoms with Crippen LogP contribution in [0.15, 0.2) is 42.5 Å². The minimum Gasteiger partial charge on any atom is -0.368 e. The van der Waals surface area contributed by atoms with Gasteiger partial charge in [0.15, 0.2) is 0 Å². The molecule has 0 saturated carbocycles. The van der Waals surface area contributed by atoms with E-state index in [0.29, 0.717) is 35.5 Å². The zero-order valence-electron chi connectivity index (χ0n) is 18.7. The molecule has 1 aliphatic rings. The average molecular weight is 462 g/mol. The summed E-state index contributed by atoms with van der Waals surface area (Å²) in [7, 11) is 0. The molecular formula is C25H33Cl2N3O. The van der Waals surface area contributed by atoms with Gasteiger partial charge in [-0.25, -0.2) is 0 Å². The van der Waals surface area contributed by atoms with Crippen molar-refractivity contribution >= 4 is 34.8 Å². The van der Waals surface area contributed by atoms with Gasteiger partial charge in [-0.05, 0) is 48.1 Å². The Hall–Kier alpha value is -1.75. The van der Waals surface area contributed by atoms with E-state index in [-0.39, 0.29) is 17.9 Å². The van der Waals surface area contributed by atoms with E-state index in [2.05, 4.69) is 43.0 Å². The monoisotopic (exact) mass is 461 g/mol. The van der Waals surface area contributed by atoms with Crippen molar-refractivity contribution in [1.29, 1.82) is 0 Å². The third-order valence-electron chi connectivity index (χ3n) is 5.96. The van der Waals surface area contributed by atoms with Crippen LogP contribution in [0.2, 0.25) is 10.0 Å². The van der Waals surface area contributed by atoms with Crippen LogP contribution in [-0.2, 0) is 11.2 Å². The second-order valence-electron chi connectivity index (χ2n) is 8.95. The van der Waals surface area contributed by atoms with Crippen LogP contribution in [0.4, 0.5) is 5.69 Å². The van der Waals surface area contributed by atoms with Crippen LogP contribution in [0.1, 0.15) is 44.4 Å². The molecule has 0 bridgehead atoms. The molecule has 2 atom stereocenters. The second kappa shape index (κ2) is 10.7. The number of halogens is 2. The highest BCUT2D eigenvalue weighted by molar-refractivity contribution is 6.35. The predicted octanol–water partition coefficient (Wildman–Crippen LogP) is 5.57. The van der Waals surface area contributed by atoms with Crippen LogP contribution in [-0.4, -0.2) is 37.0 Å². The third kappa shape index (κ3) is 6.15. The van der Waals surface area contributed by atoms with E-state index in [4.69, 9.17) is 28.9 Å². The fraction of sp³-hybridized carbons (Fsp3) is 0.480. The lowest BCUT2D eigenvalue weighted by Gasteiger charge is -2.38. The van der Waals surface area contributed by atoms with Crippen molar-refractivity contribution in [1.82, 2.24) is 4.90 Å². The molecule has 0 aliphatic carbocycles. The van der Waals surface area contributed by atoms with Crippen molar-refractivity contribution in [3.05, 3.63) is 63.6 Å². The number of hydrogen-bond donors (Lipinski definition) is 1. The molecule has 0 unspecified atom stereocenters. The summed E-state index contributed by atoms with van der Waals surface area (Å²) in [5.41, 5.74) is 9.85. The summed E-state index contributed by atoms with van der Waals surface area (Å²) in [6, 6.07) is 13.9. The van der Waals surface area contributed by atoms with Crippen molar-refractivity contribution in [3.63, 3.8) is 0 Å². The molecule has 6 heteroatoms. The number of amides is 1. The number of benzene rings is 2. The second-order valence-corrected chi connectivity index (χ2v) is 9.79. The predicted molar refractivity (Wildman–Crippen MR) is 131 cm³/mol. The lowest BCUT2D eigenvalue weighted by atomic mass is 9.95. The van der Waals surface area contributed by atoms with E-state index >= 15 is 0 Å². The maximum atomic E-state index is 13.0. The van der Waals surface area contributed by atoms with Gasteiger partial charge in [0.05, 0.1) is 0 Å². The molecule has 2 aromatic carbocycles. The largest absolute Gasteiger partial charge is 0.368 e. The minimum absolute atomic E-state index is 0.0278. The van der Waals surface area contributed by atoms with Gasteiger partial charge in [0.25, 0.3) is 0 Å². The number of anilines is 1. The zero-order chi connectivity index (χ0) is 22.5. The van der Waals surface area contributed by atoms with Gasteiger partial charge >= 0.3 is 0 Å². The molecule has 0 aromatic heterocycles. The Kier molecular flexibility index (Phi) is 8.26. The SMILES string of the molecule is CC(C)C[C@H](N)c1ccccc1N1CCN(C(=O)[C@H](C)Cc2ccc(Cl)cc2Cl)CC1. The fourth-order valence-corrected chi connectivity index (χ4v) is 4.79. The summed E-state index contributed by atoms with van der Waals surface area (Å²) in [6.45, 7) is 9.42. The van der Waals surface area contributed by atoms with E-state index in [9.17, 15) is 4.79 Å². The number of hydrogen-bond acceptors (Lipinski definition) is 3. The van der Waals surface area contributed by atoms with E-state index in [0.717, 1.165) is 25.1 Å². The number of carbonyl (C=O) groups excluding carboxylic acids is 1. The average Bonchev–Trinajstić information content (AvgIpc) is 2.74. The summed E-state index contributed by atoms with van der Waals surface area (Å²) in [5, 5.41) is 1.23. The quantitative estimate of drug-likeness (QED) is 0.586. The summed E-state index contributed by atoms with van der Waals surface area (Å²) >= 11 is 12.3. The lowest BCUT2D eigenvalue weighted by molar-refractivity contribution is -0.135. The van der Waals surface area contributed by atoms with Gasteiger partial charge < -0.3 is 15.5 Å². The Morgan fingerprint density at radius 2 is 1.71 bits per heavy atom. The Morgan fingerprint density at radius 1 is 1.03 bits per heavy atom. The van der Waals surface area contributed by atoms with E-state index < -0.39 is 0 Å². The highest BCUT2D eigenvalue weighted by Gasteiger charge is 2.27. The molecule has 1 amide bonds. The number of para-hydroxylation sites is 1. The number of nitrogens with two attached hydrogens (primary N) is 1. The van der Waals surface area contributed by atoms with E-state index in [1.165, 1.54) is 11.3 Å². The molecule has 0 radical (unpaired) electrons. The Bertz CT molecular complexity index is 894. The first kappa shape index (κ1) is 23.9. The minimum atomic E-state index is -0.128. The highest BCUT2D eigenvalue weighted by atomic mass is 35.5.